The maximum Gasteiger partial charge on any atom is 0.200 e. The van der Waals surface area contributed by atoms with E-state index in [0.717, 1.165) is 5.96 Å². The minimum atomic E-state index is 0.259. The van der Waals surface area contributed by atoms with Crippen LogP contribution in [0, 0.1) is 0 Å². The second-order valence-corrected chi connectivity index (χ2v) is 3.39. The molecule has 0 atom stereocenters. The first-order valence-electron chi connectivity index (χ1n) is 4.68. The maximum absolute atomic E-state index is 4.42. The van der Waals surface area contributed by atoms with Gasteiger partial charge in [0.05, 0.1) is 0 Å². The van der Waals surface area contributed by atoms with Gasteiger partial charge in [0.15, 0.2) is 5.96 Å². The molecule has 0 spiro atoms. The summed E-state index contributed by atoms with van der Waals surface area (Å²) < 4.78 is 0. The van der Waals surface area contributed by atoms with Crippen molar-refractivity contribution in [2.45, 2.75) is 19.9 Å². The van der Waals surface area contributed by atoms with Crippen LogP contribution in [0.4, 0.5) is 0 Å². The summed E-state index contributed by atoms with van der Waals surface area (Å²) >= 11 is 0. The minimum Gasteiger partial charge on any atom is -0.359 e. The zero-order valence-corrected chi connectivity index (χ0v) is 9.92. The van der Waals surface area contributed by atoms with Crippen molar-refractivity contribution in [3.8, 4) is 0 Å². The largest absolute Gasteiger partial charge is 0.359 e. The lowest BCUT2D eigenvalue weighted by atomic mass is 10.4. The molecule has 0 fully saturated rings. The van der Waals surface area contributed by atoms with Gasteiger partial charge in [0.25, 0.3) is 0 Å². The van der Waals surface area contributed by atoms with Gasteiger partial charge in [-0.2, -0.15) is 0 Å². The molecule has 0 aliphatic rings. The third-order valence-corrected chi connectivity index (χ3v) is 1.49. The summed E-state index contributed by atoms with van der Waals surface area (Å²) in [6.07, 6.45) is 0. The highest BCUT2D eigenvalue weighted by molar-refractivity contribution is 5.98. The van der Waals surface area contributed by atoms with E-state index in [1.807, 2.05) is 39.9 Å². The fourth-order valence-electron chi connectivity index (χ4n) is 0.840. The molecule has 82 valence electrons. The predicted molar refractivity (Wildman–Crippen MR) is 61.8 cm³/mol. The Balaban J connectivity index is 4.54. The van der Waals surface area contributed by atoms with E-state index in [2.05, 4.69) is 20.6 Å². The first kappa shape index (κ1) is 12.7. The van der Waals surface area contributed by atoms with Crippen LogP contribution in [0.1, 0.15) is 13.8 Å². The molecule has 0 bridgehead atoms. The van der Waals surface area contributed by atoms with Crippen LogP contribution in [0.3, 0.4) is 0 Å². The number of rotatable bonds is 1. The maximum atomic E-state index is 4.42. The van der Waals surface area contributed by atoms with Crippen molar-refractivity contribution >= 4 is 11.9 Å². The Kier molecular flexibility index (Phi) is 5.67. The van der Waals surface area contributed by atoms with Crippen molar-refractivity contribution in [3.05, 3.63) is 0 Å². The smallest absolute Gasteiger partial charge is 0.200 e. The van der Waals surface area contributed by atoms with Gasteiger partial charge in [0.2, 0.25) is 5.96 Å². The molecule has 0 aliphatic heterocycles. The van der Waals surface area contributed by atoms with Gasteiger partial charge in [-0.15, -0.1) is 0 Å². The molecular formula is C9H21N5. The SMILES string of the molecule is C/N=C(/NC)N/C(=N\C(C)C)N(C)C. The van der Waals surface area contributed by atoms with Crippen molar-refractivity contribution in [1.82, 2.24) is 15.5 Å². The Bertz CT molecular complexity index is 217. The molecule has 0 heterocycles. The summed E-state index contributed by atoms with van der Waals surface area (Å²) in [6.45, 7) is 4.07. The normalized spacial score (nSPS) is 13.1. The van der Waals surface area contributed by atoms with Crippen molar-refractivity contribution in [3.63, 3.8) is 0 Å². The molecule has 0 amide bonds. The summed E-state index contributed by atoms with van der Waals surface area (Å²) in [4.78, 5) is 10.4. The summed E-state index contributed by atoms with van der Waals surface area (Å²) in [5.41, 5.74) is 0. The zero-order valence-electron chi connectivity index (χ0n) is 9.92. The molecule has 0 aromatic heterocycles. The molecule has 5 heteroatoms. The van der Waals surface area contributed by atoms with Crippen LogP contribution in [0.5, 0.6) is 0 Å². The van der Waals surface area contributed by atoms with Crippen LogP contribution in [-0.4, -0.2) is 51.1 Å². The number of guanidine groups is 2. The first-order valence-corrected chi connectivity index (χ1v) is 4.68. The number of aliphatic imine (C=N–C) groups is 2. The Morgan fingerprint density at radius 2 is 1.86 bits per heavy atom. The van der Waals surface area contributed by atoms with Gasteiger partial charge in [-0.3, -0.25) is 15.3 Å². The second kappa shape index (κ2) is 6.23. The summed E-state index contributed by atoms with van der Waals surface area (Å²) in [7, 11) is 7.42. The highest BCUT2D eigenvalue weighted by atomic mass is 15.3. The van der Waals surface area contributed by atoms with Gasteiger partial charge in [-0.25, -0.2) is 0 Å². The molecule has 0 aliphatic carbocycles. The van der Waals surface area contributed by atoms with Crippen LogP contribution in [0.25, 0.3) is 0 Å². The van der Waals surface area contributed by atoms with Gasteiger partial charge < -0.3 is 10.2 Å². The Morgan fingerprint density at radius 1 is 1.29 bits per heavy atom. The Hall–Kier alpha value is -1.26. The Morgan fingerprint density at radius 3 is 2.14 bits per heavy atom. The first-order chi connectivity index (χ1) is 6.51. The number of hydrogen-bond donors (Lipinski definition) is 2. The van der Waals surface area contributed by atoms with Crippen molar-refractivity contribution in [2.24, 2.45) is 9.98 Å². The third kappa shape index (κ3) is 4.69. The minimum absolute atomic E-state index is 0.259. The highest BCUT2D eigenvalue weighted by Gasteiger charge is 2.04. The molecular weight excluding hydrogens is 178 g/mol. The van der Waals surface area contributed by atoms with Gasteiger partial charge in [-0.05, 0) is 13.8 Å². The average molecular weight is 199 g/mol. The fourth-order valence-corrected chi connectivity index (χ4v) is 0.840. The quantitative estimate of drug-likeness (QED) is 0.465. The molecule has 0 aromatic carbocycles. The molecule has 5 nitrogen and oxygen atoms in total. The molecule has 2 N–H and O–H groups in total. The molecule has 0 radical (unpaired) electrons. The van der Waals surface area contributed by atoms with Crippen molar-refractivity contribution < 1.29 is 0 Å². The van der Waals surface area contributed by atoms with Crippen LogP contribution in [0.15, 0.2) is 9.98 Å². The van der Waals surface area contributed by atoms with E-state index < -0.39 is 0 Å². The standard InChI is InChI=1S/C9H21N5/c1-7(2)12-9(14(5)6)13-8(10-3)11-4/h7H,1-6H3,(H2,10,11,12,13). The second-order valence-electron chi connectivity index (χ2n) is 3.39. The number of nitrogens with one attached hydrogen (secondary N) is 2. The summed E-state index contributed by atoms with van der Waals surface area (Å²) in [5, 5.41) is 6.04. The molecule has 14 heavy (non-hydrogen) atoms. The average Bonchev–Trinajstić information content (AvgIpc) is 2.11. The van der Waals surface area contributed by atoms with Crippen LogP contribution in [-0.2, 0) is 0 Å². The molecule has 0 saturated carbocycles. The molecule has 0 rings (SSSR count). The lowest BCUT2D eigenvalue weighted by molar-refractivity contribution is 0.591. The summed E-state index contributed by atoms with van der Waals surface area (Å²) in [6, 6.07) is 0.259. The van der Waals surface area contributed by atoms with Crippen LogP contribution >= 0.6 is 0 Å². The van der Waals surface area contributed by atoms with Gasteiger partial charge in [0, 0.05) is 34.2 Å². The van der Waals surface area contributed by atoms with E-state index in [-0.39, 0.29) is 6.04 Å². The lowest BCUT2D eigenvalue weighted by Gasteiger charge is -2.19. The Labute approximate surface area is 86.3 Å². The van der Waals surface area contributed by atoms with Crippen LogP contribution in [0.2, 0.25) is 0 Å². The van der Waals surface area contributed by atoms with E-state index >= 15 is 0 Å². The van der Waals surface area contributed by atoms with E-state index in [0.29, 0.717) is 5.96 Å². The van der Waals surface area contributed by atoms with Gasteiger partial charge in [-0.1, -0.05) is 0 Å². The van der Waals surface area contributed by atoms with Gasteiger partial charge >= 0.3 is 0 Å². The highest BCUT2D eigenvalue weighted by Crippen LogP contribution is 1.89. The van der Waals surface area contributed by atoms with Crippen molar-refractivity contribution in [2.75, 3.05) is 28.2 Å². The topological polar surface area (TPSA) is 52.0 Å². The molecule has 0 unspecified atom stereocenters. The number of hydrogen-bond acceptors (Lipinski definition) is 2. The van der Waals surface area contributed by atoms with E-state index in [4.69, 9.17) is 0 Å². The van der Waals surface area contributed by atoms with E-state index in [1.54, 1.807) is 7.05 Å². The molecule has 0 saturated heterocycles. The van der Waals surface area contributed by atoms with Gasteiger partial charge in [0.1, 0.15) is 0 Å². The van der Waals surface area contributed by atoms with Crippen LogP contribution < -0.4 is 10.6 Å². The van der Waals surface area contributed by atoms with E-state index in [9.17, 15) is 0 Å². The summed E-state index contributed by atoms with van der Waals surface area (Å²) in [5.74, 6) is 1.51. The lowest BCUT2D eigenvalue weighted by Crippen LogP contribution is -2.45. The predicted octanol–water partition coefficient (Wildman–Crippen LogP) is 0.107. The van der Waals surface area contributed by atoms with Crippen molar-refractivity contribution in [1.29, 1.82) is 0 Å². The monoisotopic (exact) mass is 199 g/mol. The molecule has 0 aromatic rings. The zero-order chi connectivity index (χ0) is 11.1. The fraction of sp³-hybridized carbons (Fsp3) is 0.778. The number of nitrogens with zero attached hydrogens (tertiary/aromatic N) is 3. The third-order valence-electron chi connectivity index (χ3n) is 1.49. The van der Waals surface area contributed by atoms with E-state index in [1.165, 1.54) is 0 Å².